The lowest BCUT2D eigenvalue weighted by Gasteiger charge is -2.32. The van der Waals surface area contributed by atoms with Gasteiger partial charge >= 0.3 is 0 Å². The number of fused-ring (bicyclic) bond motifs is 4. The number of nitrogens with one attached hydrogen (secondary N) is 1. The molecule has 0 aliphatic heterocycles. The van der Waals surface area contributed by atoms with Crippen LogP contribution in [0.25, 0.3) is 10.9 Å². The second kappa shape index (κ2) is 6.76. The van der Waals surface area contributed by atoms with Gasteiger partial charge in [-0.15, -0.1) is 0 Å². The minimum atomic E-state index is -0.723. The van der Waals surface area contributed by atoms with Gasteiger partial charge in [-0.05, 0) is 48.7 Å². The molecule has 1 heterocycles. The fourth-order valence-electron chi connectivity index (χ4n) is 4.04. The van der Waals surface area contributed by atoms with E-state index in [0.717, 1.165) is 33.3 Å². The van der Waals surface area contributed by atoms with Crippen LogP contribution >= 0.6 is 0 Å². The van der Waals surface area contributed by atoms with E-state index in [2.05, 4.69) is 24.9 Å². The van der Waals surface area contributed by atoms with Gasteiger partial charge in [0.05, 0.1) is 11.7 Å². The van der Waals surface area contributed by atoms with Gasteiger partial charge in [0.15, 0.2) is 5.78 Å². The van der Waals surface area contributed by atoms with E-state index >= 15 is 0 Å². The van der Waals surface area contributed by atoms with E-state index in [1.807, 2.05) is 31.2 Å². The lowest BCUT2D eigenvalue weighted by Crippen LogP contribution is -2.30. The third kappa shape index (κ3) is 2.91. The highest BCUT2D eigenvalue weighted by atomic mass is 16.5. The quantitative estimate of drug-likeness (QED) is 0.634. The van der Waals surface area contributed by atoms with E-state index < -0.39 is 11.5 Å². The predicted molar refractivity (Wildman–Crippen MR) is 108 cm³/mol. The number of aromatic nitrogens is 1. The van der Waals surface area contributed by atoms with Crippen molar-refractivity contribution in [1.29, 1.82) is 0 Å². The van der Waals surface area contributed by atoms with Crippen molar-refractivity contribution in [2.45, 2.75) is 38.7 Å². The summed E-state index contributed by atoms with van der Waals surface area (Å²) in [7, 11) is 0. The first kappa shape index (κ1) is 18.7. The van der Waals surface area contributed by atoms with Crippen LogP contribution in [-0.2, 0) is 5.41 Å². The zero-order chi connectivity index (χ0) is 20.1. The number of ketones is 1. The summed E-state index contributed by atoms with van der Waals surface area (Å²) in [6.45, 7) is 6.26. The van der Waals surface area contributed by atoms with Gasteiger partial charge < -0.3 is 19.9 Å². The third-order valence-electron chi connectivity index (χ3n) is 5.62. The molecule has 3 N–H and O–H groups in total. The first-order valence-electron chi connectivity index (χ1n) is 9.56. The molecule has 0 amide bonds. The summed E-state index contributed by atoms with van der Waals surface area (Å²) < 4.78 is 5.70. The van der Waals surface area contributed by atoms with Crippen LogP contribution in [0.15, 0.2) is 36.4 Å². The Morgan fingerprint density at radius 2 is 1.96 bits per heavy atom. The number of H-pyrrole nitrogens is 1. The molecule has 0 unspecified atom stereocenters. The van der Waals surface area contributed by atoms with Crippen LogP contribution in [0.1, 0.15) is 53.0 Å². The van der Waals surface area contributed by atoms with Crippen LogP contribution in [0, 0.1) is 6.92 Å². The predicted octanol–water partition coefficient (Wildman–Crippen LogP) is 3.47. The average Bonchev–Trinajstić information content (AvgIpc) is 3.04. The summed E-state index contributed by atoms with van der Waals surface area (Å²) in [4.78, 5) is 16.8. The molecule has 1 atom stereocenters. The number of aryl methyl sites for hydroxylation is 1. The van der Waals surface area contributed by atoms with Crippen LogP contribution < -0.4 is 4.74 Å². The number of hydrogen-bond acceptors (Lipinski definition) is 4. The Morgan fingerprint density at radius 1 is 1.18 bits per heavy atom. The van der Waals surface area contributed by atoms with Crippen molar-refractivity contribution in [3.63, 3.8) is 0 Å². The number of aromatic amines is 1. The zero-order valence-corrected chi connectivity index (χ0v) is 16.4. The normalized spacial score (nSPS) is 16.0. The third-order valence-corrected chi connectivity index (χ3v) is 5.62. The van der Waals surface area contributed by atoms with Crippen LogP contribution in [0.2, 0.25) is 0 Å². The number of benzene rings is 2. The standard InChI is InChI=1S/C23H25NO4/c1-13-4-6-17-19(10-13)24-22-20(17)21(27)16-7-5-15(11-18(16)23(22,2)3)28-12-14(26)8-9-25/h4-7,10-11,14,24-26H,8-9,12H2,1-3H3/t14-/m0/s1. The van der Waals surface area contributed by atoms with Gasteiger partial charge in [-0.1, -0.05) is 26.0 Å². The lowest BCUT2D eigenvalue weighted by molar-refractivity contribution is 0.0820. The van der Waals surface area contributed by atoms with Crippen molar-refractivity contribution in [2.24, 2.45) is 0 Å². The molecule has 0 spiro atoms. The molecule has 2 aromatic carbocycles. The van der Waals surface area contributed by atoms with Crippen LogP contribution in [0.5, 0.6) is 5.75 Å². The van der Waals surface area contributed by atoms with Gasteiger partial charge in [0, 0.05) is 34.2 Å². The second-order valence-electron chi connectivity index (χ2n) is 8.06. The summed E-state index contributed by atoms with van der Waals surface area (Å²) in [6.07, 6.45) is -0.452. The largest absolute Gasteiger partial charge is 0.491 e. The Labute approximate surface area is 164 Å². The number of carbonyl (C=O) groups is 1. The molecular weight excluding hydrogens is 354 g/mol. The van der Waals surface area contributed by atoms with E-state index in [9.17, 15) is 9.90 Å². The molecule has 0 bridgehead atoms. The minimum Gasteiger partial charge on any atom is -0.491 e. The summed E-state index contributed by atoms with van der Waals surface area (Å²) in [5, 5.41) is 19.6. The van der Waals surface area contributed by atoms with E-state index in [0.29, 0.717) is 11.3 Å². The molecule has 0 saturated carbocycles. The topological polar surface area (TPSA) is 82.6 Å². The highest BCUT2D eigenvalue weighted by Crippen LogP contribution is 2.44. The first-order valence-corrected chi connectivity index (χ1v) is 9.56. The average molecular weight is 379 g/mol. The van der Waals surface area contributed by atoms with Gasteiger partial charge in [0.1, 0.15) is 12.4 Å². The van der Waals surface area contributed by atoms with Crippen LogP contribution in [0.3, 0.4) is 0 Å². The molecule has 3 aromatic rings. The maximum Gasteiger partial charge on any atom is 0.195 e. The molecule has 0 fully saturated rings. The van der Waals surface area contributed by atoms with Gasteiger partial charge in [0.2, 0.25) is 0 Å². The van der Waals surface area contributed by atoms with E-state index in [-0.39, 0.29) is 25.4 Å². The van der Waals surface area contributed by atoms with E-state index in [1.165, 1.54) is 0 Å². The van der Waals surface area contributed by atoms with Gasteiger partial charge in [-0.3, -0.25) is 4.79 Å². The molecule has 5 nitrogen and oxygen atoms in total. The number of carbonyl (C=O) groups excluding carboxylic acids is 1. The Bertz CT molecular complexity index is 1060. The maximum atomic E-state index is 13.3. The van der Waals surface area contributed by atoms with Crippen molar-refractivity contribution < 1.29 is 19.7 Å². The van der Waals surface area contributed by atoms with Crippen molar-refractivity contribution >= 4 is 16.7 Å². The second-order valence-corrected chi connectivity index (χ2v) is 8.06. The highest BCUT2D eigenvalue weighted by molar-refractivity contribution is 6.20. The SMILES string of the molecule is Cc1ccc2c3c([nH]c2c1)C(C)(C)c1cc(OC[C@@H](O)CCO)ccc1C3=O. The van der Waals surface area contributed by atoms with Crippen LogP contribution in [-0.4, -0.2) is 40.3 Å². The maximum absolute atomic E-state index is 13.3. The van der Waals surface area contributed by atoms with E-state index in [1.54, 1.807) is 6.07 Å². The molecular formula is C23H25NO4. The Hall–Kier alpha value is -2.63. The Kier molecular flexibility index (Phi) is 4.52. The summed E-state index contributed by atoms with van der Waals surface area (Å²) in [6, 6.07) is 11.6. The van der Waals surface area contributed by atoms with Gasteiger partial charge in [-0.2, -0.15) is 0 Å². The molecule has 4 rings (SSSR count). The number of aliphatic hydroxyl groups is 2. The van der Waals surface area contributed by atoms with E-state index in [4.69, 9.17) is 9.84 Å². The fourth-order valence-corrected chi connectivity index (χ4v) is 4.04. The fraction of sp³-hybridized carbons (Fsp3) is 0.348. The number of aliphatic hydroxyl groups excluding tert-OH is 2. The number of ether oxygens (including phenoxy) is 1. The molecule has 1 aliphatic carbocycles. The summed E-state index contributed by atoms with van der Waals surface area (Å²) in [5.74, 6) is 0.623. The highest BCUT2D eigenvalue weighted by Gasteiger charge is 2.39. The van der Waals surface area contributed by atoms with Crippen molar-refractivity contribution in [1.82, 2.24) is 4.98 Å². The van der Waals surface area contributed by atoms with Gasteiger partial charge in [-0.25, -0.2) is 0 Å². The van der Waals surface area contributed by atoms with Crippen molar-refractivity contribution in [3.05, 3.63) is 64.3 Å². The minimum absolute atomic E-state index is 0.0197. The molecule has 146 valence electrons. The van der Waals surface area contributed by atoms with Crippen molar-refractivity contribution in [3.8, 4) is 5.75 Å². The monoisotopic (exact) mass is 379 g/mol. The smallest absolute Gasteiger partial charge is 0.195 e. The van der Waals surface area contributed by atoms with Gasteiger partial charge in [0.25, 0.3) is 0 Å². The Morgan fingerprint density at radius 3 is 2.71 bits per heavy atom. The molecule has 1 aliphatic rings. The number of hydrogen-bond donors (Lipinski definition) is 3. The molecule has 5 heteroatoms. The zero-order valence-electron chi connectivity index (χ0n) is 16.4. The lowest BCUT2D eigenvalue weighted by atomic mass is 9.71. The summed E-state index contributed by atoms with van der Waals surface area (Å²) >= 11 is 0. The first-order chi connectivity index (χ1) is 13.3. The summed E-state index contributed by atoms with van der Waals surface area (Å²) in [5.41, 5.74) is 4.98. The Balaban J connectivity index is 1.77. The molecule has 0 saturated heterocycles. The van der Waals surface area contributed by atoms with Crippen molar-refractivity contribution in [2.75, 3.05) is 13.2 Å². The molecule has 0 radical (unpaired) electrons. The van der Waals surface area contributed by atoms with Crippen LogP contribution in [0.4, 0.5) is 0 Å². The number of rotatable bonds is 5. The molecule has 1 aromatic heterocycles. The molecule has 28 heavy (non-hydrogen) atoms.